The topological polar surface area (TPSA) is 98.7 Å². The van der Waals surface area contributed by atoms with Gasteiger partial charge in [-0.2, -0.15) is 0 Å². The van der Waals surface area contributed by atoms with Crippen molar-refractivity contribution in [3.8, 4) is 5.75 Å². The Bertz CT molecular complexity index is 725. The molecule has 146 valence electrons. The van der Waals surface area contributed by atoms with Crippen LogP contribution in [0.3, 0.4) is 0 Å². The third-order valence-corrected chi connectivity index (χ3v) is 3.90. The van der Waals surface area contributed by atoms with Crippen LogP contribution >= 0.6 is 12.4 Å². The molecule has 0 atom stereocenters. The molecule has 27 heavy (non-hydrogen) atoms. The van der Waals surface area contributed by atoms with Gasteiger partial charge < -0.3 is 21.1 Å². The molecule has 0 bridgehead atoms. The Labute approximate surface area is 165 Å². The van der Waals surface area contributed by atoms with Crippen LogP contribution < -0.4 is 16.2 Å². The lowest BCUT2D eigenvalue weighted by Crippen LogP contribution is -2.33. The second kappa shape index (κ2) is 11.9. The zero-order valence-electron chi connectivity index (χ0n) is 15.2. The van der Waals surface area contributed by atoms with E-state index in [4.69, 9.17) is 16.2 Å². The number of nitrogens with zero attached hydrogens (tertiary/aromatic N) is 1. The molecule has 0 aliphatic rings. The van der Waals surface area contributed by atoms with E-state index in [-0.39, 0.29) is 31.3 Å². The number of carbonyl (C=O) groups excluding carboxylic acids is 2. The molecule has 0 spiro atoms. The molecule has 0 radical (unpaired) electrons. The highest BCUT2D eigenvalue weighted by Gasteiger charge is 2.14. The summed E-state index contributed by atoms with van der Waals surface area (Å²) in [6.45, 7) is 1.93. The van der Waals surface area contributed by atoms with Crippen molar-refractivity contribution in [1.82, 2.24) is 4.90 Å². The molecule has 4 N–H and O–H groups in total. The van der Waals surface area contributed by atoms with E-state index in [1.807, 2.05) is 30.3 Å². The molecule has 0 saturated carbocycles. The quantitative estimate of drug-likeness (QED) is 0.649. The highest BCUT2D eigenvalue weighted by molar-refractivity contribution is 5.93. The number of ether oxygens (including phenoxy) is 1. The van der Waals surface area contributed by atoms with Crippen molar-refractivity contribution in [2.24, 2.45) is 11.5 Å². The summed E-state index contributed by atoms with van der Waals surface area (Å²) in [5.41, 5.74) is 12.3. The number of hydrogen-bond acceptors (Lipinski definition) is 4. The van der Waals surface area contributed by atoms with Crippen LogP contribution in [0.5, 0.6) is 5.75 Å². The number of primary amides is 1. The predicted octanol–water partition coefficient (Wildman–Crippen LogP) is 2.35. The van der Waals surface area contributed by atoms with E-state index in [2.05, 4.69) is 0 Å². The number of rotatable bonds is 10. The fourth-order valence-corrected chi connectivity index (χ4v) is 2.53. The minimum Gasteiger partial charge on any atom is -0.493 e. The van der Waals surface area contributed by atoms with Crippen molar-refractivity contribution in [3.63, 3.8) is 0 Å². The lowest BCUT2D eigenvalue weighted by molar-refractivity contribution is -0.132. The van der Waals surface area contributed by atoms with Crippen LogP contribution in [-0.2, 0) is 11.3 Å². The molecule has 2 aromatic carbocycles. The van der Waals surface area contributed by atoms with Crippen molar-refractivity contribution in [2.45, 2.75) is 19.4 Å². The van der Waals surface area contributed by atoms with Crippen molar-refractivity contribution in [1.29, 1.82) is 0 Å². The third-order valence-electron chi connectivity index (χ3n) is 3.90. The van der Waals surface area contributed by atoms with E-state index in [9.17, 15) is 9.59 Å². The van der Waals surface area contributed by atoms with Gasteiger partial charge in [0.1, 0.15) is 5.75 Å². The van der Waals surface area contributed by atoms with Gasteiger partial charge in [0.25, 0.3) is 0 Å². The van der Waals surface area contributed by atoms with Gasteiger partial charge in [-0.25, -0.2) is 0 Å². The van der Waals surface area contributed by atoms with Gasteiger partial charge in [0.15, 0.2) is 0 Å². The molecule has 0 aliphatic carbocycles. The number of benzene rings is 2. The second-order valence-electron chi connectivity index (χ2n) is 5.93. The van der Waals surface area contributed by atoms with Crippen LogP contribution in [0, 0.1) is 0 Å². The van der Waals surface area contributed by atoms with Gasteiger partial charge in [0, 0.05) is 18.7 Å². The third kappa shape index (κ3) is 7.68. The number of carbonyl (C=O) groups is 2. The first-order chi connectivity index (χ1) is 12.6. The molecule has 6 nitrogen and oxygen atoms in total. The first-order valence-electron chi connectivity index (χ1n) is 8.64. The van der Waals surface area contributed by atoms with E-state index < -0.39 is 5.91 Å². The van der Waals surface area contributed by atoms with Gasteiger partial charge in [-0.05, 0) is 36.7 Å². The molecule has 0 unspecified atom stereocenters. The van der Waals surface area contributed by atoms with Crippen LogP contribution in [-0.4, -0.2) is 36.4 Å². The summed E-state index contributed by atoms with van der Waals surface area (Å²) in [7, 11) is 0. The van der Waals surface area contributed by atoms with E-state index in [0.29, 0.717) is 30.9 Å². The summed E-state index contributed by atoms with van der Waals surface area (Å²) >= 11 is 0. The zero-order valence-corrected chi connectivity index (χ0v) is 16.0. The first kappa shape index (κ1) is 22.5. The van der Waals surface area contributed by atoms with Gasteiger partial charge >= 0.3 is 0 Å². The second-order valence-corrected chi connectivity index (χ2v) is 5.93. The normalized spacial score (nSPS) is 9.96. The minimum absolute atomic E-state index is 0. The molecule has 2 rings (SSSR count). The Balaban J connectivity index is 0.00000364. The van der Waals surface area contributed by atoms with Crippen molar-refractivity contribution in [3.05, 3.63) is 65.7 Å². The van der Waals surface area contributed by atoms with Crippen LogP contribution in [0.25, 0.3) is 0 Å². The highest BCUT2D eigenvalue weighted by Crippen LogP contribution is 2.14. The lowest BCUT2D eigenvalue weighted by Gasteiger charge is -2.23. The zero-order chi connectivity index (χ0) is 18.8. The smallest absolute Gasteiger partial charge is 0.248 e. The average molecular weight is 392 g/mol. The number of halogens is 1. The largest absolute Gasteiger partial charge is 0.493 e. The van der Waals surface area contributed by atoms with E-state index in [0.717, 1.165) is 12.0 Å². The highest BCUT2D eigenvalue weighted by atomic mass is 35.5. The average Bonchev–Trinajstić information content (AvgIpc) is 2.66. The molecule has 0 aromatic heterocycles. The summed E-state index contributed by atoms with van der Waals surface area (Å²) in [5.74, 6) is 0.0152. The summed E-state index contributed by atoms with van der Waals surface area (Å²) < 4.78 is 5.59. The lowest BCUT2D eigenvalue weighted by atomic mass is 10.2. The summed E-state index contributed by atoms with van der Waals surface area (Å²) in [6.07, 6.45) is 0.998. The fraction of sp³-hybridized carbons (Fsp3) is 0.300. The van der Waals surface area contributed by atoms with E-state index in [1.165, 1.54) is 0 Å². The molecule has 0 fully saturated rings. The standard InChI is InChI=1S/C20H25N3O3.ClH/c21-11-5-12-23(15-16-6-2-1-3-7-16)19(24)10-13-26-18-9-4-8-17(14-18)20(22)25;/h1-4,6-9,14H,5,10-13,15,21H2,(H2,22,25);1H. The predicted molar refractivity (Wildman–Crippen MR) is 108 cm³/mol. The molecule has 0 saturated heterocycles. The summed E-state index contributed by atoms with van der Waals surface area (Å²) in [5, 5.41) is 0. The molecule has 2 amide bonds. The molecule has 0 heterocycles. The number of nitrogens with two attached hydrogens (primary N) is 2. The minimum atomic E-state index is -0.512. The Morgan fingerprint density at radius 1 is 1.04 bits per heavy atom. The van der Waals surface area contributed by atoms with Gasteiger partial charge in [0.05, 0.1) is 13.0 Å². The van der Waals surface area contributed by atoms with Gasteiger partial charge in [0.2, 0.25) is 11.8 Å². The van der Waals surface area contributed by atoms with E-state index in [1.54, 1.807) is 29.2 Å². The molecule has 7 heteroatoms. The Kier molecular flexibility index (Phi) is 9.93. The summed E-state index contributed by atoms with van der Waals surface area (Å²) in [6, 6.07) is 16.5. The van der Waals surface area contributed by atoms with Crippen LogP contribution in [0.4, 0.5) is 0 Å². The Hall–Kier alpha value is -2.57. The molecular weight excluding hydrogens is 366 g/mol. The van der Waals surface area contributed by atoms with Crippen molar-refractivity contribution < 1.29 is 14.3 Å². The molecular formula is C20H26ClN3O3. The van der Waals surface area contributed by atoms with E-state index >= 15 is 0 Å². The van der Waals surface area contributed by atoms with Crippen LogP contribution in [0.15, 0.2) is 54.6 Å². The summed E-state index contributed by atoms with van der Waals surface area (Å²) in [4.78, 5) is 25.5. The molecule has 2 aromatic rings. The van der Waals surface area contributed by atoms with Crippen LogP contribution in [0.1, 0.15) is 28.8 Å². The number of amides is 2. The maximum absolute atomic E-state index is 12.5. The van der Waals surface area contributed by atoms with Crippen LogP contribution in [0.2, 0.25) is 0 Å². The maximum atomic E-state index is 12.5. The fourth-order valence-electron chi connectivity index (χ4n) is 2.53. The van der Waals surface area contributed by atoms with Gasteiger partial charge in [-0.1, -0.05) is 36.4 Å². The Morgan fingerprint density at radius 3 is 2.44 bits per heavy atom. The first-order valence-corrected chi connectivity index (χ1v) is 8.64. The Morgan fingerprint density at radius 2 is 1.78 bits per heavy atom. The van der Waals surface area contributed by atoms with Gasteiger partial charge in [-0.15, -0.1) is 12.4 Å². The SMILES string of the molecule is Cl.NCCCN(Cc1ccccc1)C(=O)CCOc1cccc(C(N)=O)c1. The van der Waals surface area contributed by atoms with Crippen molar-refractivity contribution in [2.75, 3.05) is 19.7 Å². The van der Waals surface area contributed by atoms with Gasteiger partial charge in [-0.3, -0.25) is 9.59 Å². The van der Waals surface area contributed by atoms with Crippen molar-refractivity contribution >= 4 is 24.2 Å². The maximum Gasteiger partial charge on any atom is 0.248 e. The number of hydrogen-bond donors (Lipinski definition) is 2. The monoisotopic (exact) mass is 391 g/mol. The molecule has 0 aliphatic heterocycles.